The van der Waals surface area contributed by atoms with E-state index in [1.165, 1.54) is 4.90 Å². The Morgan fingerprint density at radius 1 is 1.36 bits per heavy atom. The van der Waals surface area contributed by atoms with Gasteiger partial charge in [-0.3, -0.25) is 14.9 Å². The third kappa shape index (κ3) is 3.87. The predicted molar refractivity (Wildman–Crippen MR) is 113 cm³/mol. The second-order valence-electron chi connectivity index (χ2n) is 6.14. The number of ether oxygens (including phenoxy) is 1. The molecule has 0 bridgehead atoms. The number of carbonyl (C=O) groups excluding carboxylic acids is 1. The van der Waals surface area contributed by atoms with E-state index in [9.17, 15) is 14.9 Å². The van der Waals surface area contributed by atoms with Crippen molar-refractivity contribution in [3.63, 3.8) is 0 Å². The minimum Gasteiger partial charge on any atom is -0.489 e. The molecule has 0 saturated carbocycles. The molecule has 1 amide bonds. The van der Waals surface area contributed by atoms with Gasteiger partial charge in [0.05, 0.1) is 19.4 Å². The van der Waals surface area contributed by atoms with E-state index in [0.29, 0.717) is 25.8 Å². The highest BCUT2D eigenvalue weighted by molar-refractivity contribution is 9.10. The summed E-state index contributed by atoms with van der Waals surface area (Å²) < 4.78 is 5.99. The van der Waals surface area contributed by atoms with Gasteiger partial charge in [-0.15, -0.1) is 0 Å². The fourth-order valence-corrected chi connectivity index (χ4v) is 4.22. The van der Waals surface area contributed by atoms with E-state index in [1.54, 1.807) is 36.4 Å². The van der Waals surface area contributed by atoms with Crippen LogP contribution in [0.15, 0.2) is 47.5 Å². The Morgan fingerprint density at radius 2 is 2.11 bits per heavy atom. The van der Waals surface area contributed by atoms with Crippen LogP contribution in [-0.4, -0.2) is 24.0 Å². The predicted octanol–water partition coefficient (Wildman–Crippen LogP) is 5.75. The van der Waals surface area contributed by atoms with Crippen molar-refractivity contribution in [2.45, 2.75) is 12.3 Å². The summed E-state index contributed by atoms with van der Waals surface area (Å²) >= 11 is 15.8. The van der Waals surface area contributed by atoms with Crippen LogP contribution in [0.4, 0.5) is 11.4 Å². The van der Waals surface area contributed by atoms with E-state index in [-0.39, 0.29) is 42.8 Å². The highest BCUT2D eigenvalue weighted by Crippen LogP contribution is 2.45. The van der Waals surface area contributed by atoms with Crippen LogP contribution in [0.25, 0.3) is 0 Å². The largest absolute Gasteiger partial charge is 0.489 e. The monoisotopic (exact) mass is 484 g/mol. The van der Waals surface area contributed by atoms with E-state index in [4.69, 9.17) is 27.9 Å². The molecule has 0 aliphatic carbocycles. The summed E-state index contributed by atoms with van der Waals surface area (Å²) in [6.45, 7) is 4.12. The van der Waals surface area contributed by atoms with Crippen molar-refractivity contribution in [3.05, 3.63) is 73.2 Å². The molecule has 0 spiro atoms. The highest BCUT2D eigenvalue weighted by atomic mass is 79.9. The summed E-state index contributed by atoms with van der Waals surface area (Å²) in [5.74, 6) is -0.0493. The van der Waals surface area contributed by atoms with Gasteiger partial charge in [-0.25, -0.2) is 0 Å². The smallest absolute Gasteiger partial charge is 0.307 e. The molecule has 1 aliphatic heterocycles. The summed E-state index contributed by atoms with van der Waals surface area (Å²) in [6.07, 6.45) is 1.73. The third-order valence-corrected chi connectivity index (χ3v) is 5.88. The lowest BCUT2D eigenvalue weighted by molar-refractivity contribution is -0.384. The first-order chi connectivity index (χ1) is 13.3. The van der Waals surface area contributed by atoms with Gasteiger partial charge in [0, 0.05) is 24.4 Å². The molecule has 1 aliphatic rings. The number of halogens is 3. The zero-order valence-electron chi connectivity index (χ0n) is 14.5. The molecule has 28 heavy (non-hydrogen) atoms. The summed E-state index contributed by atoms with van der Waals surface area (Å²) in [5.41, 5.74) is 0.694. The summed E-state index contributed by atoms with van der Waals surface area (Å²) in [5, 5.41) is 12.2. The Morgan fingerprint density at radius 3 is 2.79 bits per heavy atom. The second kappa shape index (κ2) is 8.51. The molecule has 0 radical (unpaired) electrons. The molecule has 0 aromatic heterocycles. The van der Waals surface area contributed by atoms with Gasteiger partial charge in [0.1, 0.15) is 18.0 Å². The lowest BCUT2D eigenvalue weighted by Crippen LogP contribution is -2.25. The topological polar surface area (TPSA) is 72.7 Å². The maximum absolute atomic E-state index is 12.7. The Labute approximate surface area is 180 Å². The zero-order chi connectivity index (χ0) is 20.4. The summed E-state index contributed by atoms with van der Waals surface area (Å²) in [7, 11) is 0. The lowest BCUT2D eigenvalue weighted by Gasteiger charge is -2.20. The maximum atomic E-state index is 12.7. The van der Waals surface area contributed by atoms with Gasteiger partial charge in [-0.05, 0) is 40.2 Å². The van der Waals surface area contributed by atoms with Crippen LogP contribution in [0.5, 0.6) is 5.75 Å². The number of anilines is 1. The number of nitro groups is 1. The molecule has 9 heteroatoms. The average Bonchev–Trinajstić information content (AvgIpc) is 3.03. The molecule has 1 heterocycles. The molecule has 1 atom stereocenters. The van der Waals surface area contributed by atoms with E-state index in [1.807, 2.05) is 0 Å². The first-order valence-corrected chi connectivity index (χ1v) is 9.84. The second-order valence-corrected chi connectivity index (χ2v) is 7.78. The van der Waals surface area contributed by atoms with Gasteiger partial charge in [-0.1, -0.05) is 41.9 Å². The number of hydrogen-bond acceptors (Lipinski definition) is 4. The van der Waals surface area contributed by atoms with Crippen LogP contribution in [0, 0.1) is 10.1 Å². The Balaban J connectivity index is 2.01. The van der Waals surface area contributed by atoms with Crippen LogP contribution in [0.1, 0.15) is 17.9 Å². The van der Waals surface area contributed by atoms with Gasteiger partial charge in [-0.2, -0.15) is 0 Å². The number of nitro benzene ring substituents is 1. The molecule has 3 rings (SSSR count). The molecule has 1 saturated heterocycles. The molecule has 0 N–H and O–H groups in total. The fourth-order valence-electron chi connectivity index (χ4n) is 3.24. The molecule has 146 valence electrons. The number of hydrogen-bond donors (Lipinski definition) is 0. The minimum atomic E-state index is -0.509. The Hall–Kier alpha value is -2.09. The number of rotatable bonds is 6. The number of nitrogens with zero attached hydrogens (tertiary/aromatic N) is 2. The van der Waals surface area contributed by atoms with Crippen LogP contribution in [-0.2, 0) is 4.79 Å². The van der Waals surface area contributed by atoms with Crippen LogP contribution < -0.4 is 9.64 Å². The standard InChI is InChI=1S/C19H15BrCl2N2O4/c1-2-8-28-15-7-6-13(21)18(22)17(15)11-9-16(25)23(10-11)14-5-3-4-12(20)19(14)24(26)27/h2-7,11H,1,8-10H2. The van der Waals surface area contributed by atoms with Gasteiger partial charge in [0.2, 0.25) is 5.91 Å². The third-order valence-electron chi connectivity index (χ3n) is 4.42. The molecule has 2 aromatic carbocycles. The van der Waals surface area contributed by atoms with Crippen molar-refractivity contribution in [3.8, 4) is 5.75 Å². The number of para-hydroxylation sites is 1. The molecule has 1 unspecified atom stereocenters. The van der Waals surface area contributed by atoms with E-state index >= 15 is 0 Å². The number of benzene rings is 2. The molecule has 1 fully saturated rings. The van der Waals surface area contributed by atoms with Crippen LogP contribution in [0.3, 0.4) is 0 Å². The minimum absolute atomic E-state index is 0.133. The zero-order valence-corrected chi connectivity index (χ0v) is 17.6. The van der Waals surface area contributed by atoms with Crippen molar-refractivity contribution < 1.29 is 14.5 Å². The summed E-state index contributed by atoms with van der Waals surface area (Å²) in [4.78, 5) is 25.1. The molecule has 6 nitrogen and oxygen atoms in total. The van der Waals surface area contributed by atoms with Crippen molar-refractivity contribution in [1.29, 1.82) is 0 Å². The van der Waals surface area contributed by atoms with E-state index < -0.39 is 4.92 Å². The van der Waals surface area contributed by atoms with Crippen molar-refractivity contribution in [2.75, 3.05) is 18.1 Å². The molecular formula is C19H15BrCl2N2O4. The number of carbonyl (C=O) groups is 1. The maximum Gasteiger partial charge on any atom is 0.307 e. The van der Waals surface area contributed by atoms with Gasteiger partial charge in [0.15, 0.2) is 0 Å². The molecule has 2 aromatic rings. The van der Waals surface area contributed by atoms with Crippen LogP contribution in [0.2, 0.25) is 10.0 Å². The SMILES string of the molecule is C=CCOc1ccc(Cl)c(Cl)c1C1CC(=O)N(c2cccc(Br)c2[N+](=O)[O-])C1. The Kier molecular flexibility index (Phi) is 6.27. The normalized spacial score (nSPS) is 16.3. The van der Waals surface area contributed by atoms with Crippen molar-refractivity contribution in [1.82, 2.24) is 0 Å². The van der Waals surface area contributed by atoms with Gasteiger partial charge >= 0.3 is 5.69 Å². The van der Waals surface area contributed by atoms with E-state index in [0.717, 1.165) is 0 Å². The fraction of sp³-hybridized carbons (Fsp3) is 0.211. The summed E-state index contributed by atoms with van der Waals surface area (Å²) in [6, 6.07) is 8.09. The molecular weight excluding hydrogens is 471 g/mol. The first-order valence-electron chi connectivity index (χ1n) is 8.30. The van der Waals surface area contributed by atoms with Crippen molar-refractivity contribution >= 4 is 56.4 Å². The van der Waals surface area contributed by atoms with Crippen molar-refractivity contribution in [2.24, 2.45) is 0 Å². The van der Waals surface area contributed by atoms with Crippen LogP contribution >= 0.6 is 39.1 Å². The van der Waals surface area contributed by atoms with Gasteiger partial charge in [0.25, 0.3) is 0 Å². The first kappa shape index (κ1) is 20.6. The quantitative estimate of drug-likeness (QED) is 0.296. The highest BCUT2D eigenvalue weighted by Gasteiger charge is 2.38. The Bertz CT molecular complexity index is 967. The lowest BCUT2D eigenvalue weighted by atomic mass is 9.97. The number of amides is 1. The van der Waals surface area contributed by atoms with Gasteiger partial charge < -0.3 is 9.64 Å². The average molecular weight is 486 g/mol. The van der Waals surface area contributed by atoms with E-state index in [2.05, 4.69) is 22.5 Å².